The van der Waals surface area contributed by atoms with E-state index in [1.807, 2.05) is 41.5 Å². The van der Waals surface area contributed by atoms with Crippen LogP contribution in [0.25, 0.3) is 0 Å². The van der Waals surface area contributed by atoms with Gasteiger partial charge in [0.2, 0.25) is 0 Å². The Hall–Kier alpha value is -0.0800. The smallest absolute Gasteiger partial charge is 0.00452 e. The molecule has 0 N–H and O–H groups in total. The van der Waals surface area contributed by atoms with Crippen LogP contribution < -0.4 is 0 Å². The fourth-order valence-corrected chi connectivity index (χ4v) is 1.91. The average molecular weight is 246 g/mol. The summed E-state index contributed by atoms with van der Waals surface area (Å²) in [4.78, 5) is 4.65. The van der Waals surface area contributed by atoms with Gasteiger partial charge in [-0.05, 0) is 39.5 Å². The van der Waals surface area contributed by atoms with Crippen molar-refractivity contribution in [1.29, 1.82) is 0 Å². The lowest BCUT2D eigenvalue weighted by molar-refractivity contribution is 0.0261. The molecule has 0 aliphatic carbocycles. The maximum atomic E-state index is 2.39. The van der Waals surface area contributed by atoms with Gasteiger partial charge in [-0.25, -0.2) is 0 Å². The lowest BCUT2D eigenvalue weighted by atomic mass is 9.79. The van der Waals surface area contributed by atoms with Gasteiger partial charge >= 0.3 is 0 Å². The molecule has 0 spiro atoms. The molecule has 0 amide bonds. The summed E-state index contributed by atoms with van der Waals surface area (Å²) < 4.78 is 0. The quantitative estimate of drug-likeness (QED) is 0.743. The molecule has 1 saturated heterocycles. The van der Waals surface area contributed by atoms with Crippen molar-refractivity contribution in [2.45, 2.75) is 54.9 Å². The monoisotopic (exact) mass is 246 g/mol. The van der Waals surface area contributed by atoms with Gasteiger partial charge in [-0.3, -0.25) is 0 Å². The van der Waals surface area contributed by atoms with E-state index in [-0.39, 0.29) is 0 Å². The molecule has 0 bridgehead atoms. The van der Waals surface area contributed by atoms with Crippen LogP contribution in [0.2, 0.25) is 0 Å². The van der Waals surface area contributed by atoms with Gasteiger partial charge in [0.1, 0.15) is 0 Å². The normalized spacial score (nSPS) is 16.4. The van der Waals surface area contributed by atoms with E-state index in [4.69, 9.17) is 0 Å². The van der Waals surface area contributed by atoms with Crippen LogP contribution in [0.1, 0.15) is 54.9 Å². The van der Waals surface area contributed by atoms with Gasteiger partial charge in [0.15, 0.2) is 0 Å². The molecule has 0 aromatic rings. The first kappa shape index (κ1) is 22.1. The van der Waals surface area contributed by atoms with Crippen LogP contribution in [-0.4, -0.2) is 50.6 Å². The minimum absolute atomic E-state index is 0.610. The molecule has 17 heavy (non-hydrogen) atoms. The van der Waals surface area contributed by atoms with Gasteiger partial charge < -0.3 is 9.80 Å². The van der Waals surface area contributed by atoms with E-state index >= 15 is 0 Å². The van der Waals surface area contributed by atoms with Crippen molar-refractivity contribution in [3.8, 4) is 0 Å². The third-order valence-corrected chi connectivity index (χ3v) is 2.47. The second-order valence-corrected chi connectivity index (χ2v) is 4.54. The van der Waals surface area contributed by atoms with Crippen molar-refractivity contribution in [2.24, 2.45) is 5.41 Å². The number of hydrogen-bond donors (Lipinski definition) is 0. The molecule has 1 heterocycles. The summed E-state index contributed by atoms with van der Waals surface area (Å²) in [5.74, 6) is 0. The molecule has 2 nitrogen and oxygen atoms in total. The highest BCUT2D eigenvalue weighted by molar-refractivity contribution is 4.89. The Kier molecular flexibility index (Phi) is 18.2. The molecule has 0 aromatic heterocycles. The lowest BCUT2D eigenvalue weighted by Crippen LogP contribution is -2.53. The minimum atomic E-state index is 0.610. The second-order valence-electron chi connectivity index (χ2n) is 4.54. The van der Waals surface area contributed by atoms with Crippen LogP contribution in [0, 0.1) is 5.41 Å². The van der Waals surface area contributed by atoms with Crippen LogP contribution in [0.15, 0.2) is 0 Å². The third kappa shape index (κ3) is 12.2. The first-order chi connectivity index (χ1) is 8.02. The summed E-state index contributed by atoms with van der Waals surface area (Å²) in [5.41, 5.74) is 0.610. The summed E-state index contributed by atoms with van der Waals surface area (Å²) >= 11 is 0. The Labute approximate surface area is 111 Å². The van der Waals surface area contributed by atoms with E-state index in [0.29, 0.717) is 5.41 Å². The number of rotatable bonds is 3. The Morgan fingerprint density at radius 1 is 0.941 bits per heavy atom. The van der Waals surface area contributed by atoms with E-state index in [0.717, 1.165) is 0 Å². The number of hydrogen-bond acceptors (Lipinski definition) is 2. The average Bonchev–Trinajstić information content (AvgIpc) is 2.33. The summed E-state index contributed by atoms with van der Waals surface area (Å²) in [5, 5.41) is 0. The standard InChI is InChI=1S/C9H20N2.3C2H6/c1-9(5-6-10(2)3)7-11(4)8-9;3*1-2/h5-8H2,1-4H3;3*1-2H3. The van der Waals surface area contributed by atoms with Crippen molar-refractivity contribution in [3.05, 3.63) is 0 Å². The fraction of sp³-hybridized carbons (Fsp3) is 1.00. The van der Waals surface area contributed by atoms with Gasteiger partial charge in [0.25, 0.3) is 0 Å². The molecule has 0 atom stereocenters. The van der Waals surface area contributed by atoms with Crippen molar-refractivity contribution < 1.29 is 0 Å². The summed E-state index contributed by atoms with van der Waals surface area (Å²) in [7, 11) is 6.48. The van der Waals surface area contributed by atoms with Gasteiger partial charge in [-0.1, -0.05) is 48.5 Å². The molecule has 0 aromatic carbocycles. The van der Waals surface area contributed by atoms with Crippen molar-refractivity contribution in [2.75, 3.05) is 40.8 Å². The predicted octanol–water partition coefficient (Wildman–Crippen LogP) is 3.97. The highest BCUT2D eigenvalue weighted by atomic mass is 15.2. The molecule has 1 fully saturated rings. The van der Waals surface area contributed by atoms with Gasteiger partial charge in [0.05, 0.1) is 0 Å². The van der Waals surface area contributed by atoms with E-state index < -0.39 is 0 Å². The predicted molar refractivity (Wildman–Crippen MR) is 82.8 cm³/mol. The Bertz CT molecular complexity index is 127. The number of likely N-dealkylation sites (tertiary alicyclic amines) is 1. The Balaban J connectivity index is -0.000000285. The van der Waals surface area contributed by atoms with E-state index in [1.54, 1.807) is 0 Å². The second kappa shape index (κ2) is 14.0. The third-order valence-electron chi connectivity index (χ3n) is 2.47. The van der Waals surface area contributed by atoms with Crippen molar-refractivity contribution in [3.63, 3.8) is 0 Å². The molecule has 108 valence electrons. The van der Waals surface area contributed by atoms with E-state index in [2.05, 4.69) is 37.9 Å². The highest BCUT2D eigenvalue weighted by Crippen LogP contribution is 2.31. The summed E-state index contributed by atoms with van der Waals surface area (Å²) in [6, 6.07) is 0. The Morgan fingerprint density at radius 2 is 1.29 bits per heavy atom. The summed E-state index contributed by atoms with van der Waals surface area (Å²) in [6.07, 6.45) is 1.34. The van der Waals surface area contributed by atoms with Crippen LogP contribution in [0.5, 0.6) is 0 Å². The zero-order chi connectivity index (χ0) is 14.5. The Morgan fingerprint density at radius 3 is 1.53 bits per heavy atom. The van der Waals surface area contributed by atoms with Crippen molar-refractivity contribution in [1.82, 2.24) is 9.80 Å². The molecule has 1 aliphatic rings. The van der Waals surface area contributed by atoms with Gasteiger partial charge in [0, 0.05) is 13.1 Å². The largest absolute Gasteiger partial charge is 0.309 e. The molecular weight excluding hydrogens is 208 g/mol. The van der Waals surface area contributed by atoms with Gasteiger partial charge in [-0.15, -0.1) is 0 Å². The first-order valence-corrected chi connectivity index (χ1v) is 7.35. The highest BCUT2D eigenvalue weighted by Gasteiger charge is 2.35. The maximum Gasteiger partial charge on any atom is 0.00452 e. The van der Waals surface area contributed by atoms with Crippen molar-refractivity contribution >= 4 is 0 Å². The molecule has 1 rings (SSSR count). The van der Waals surface area contributed by atoms with E-state index in [1.165, 1.54) is 26.1 Å². The molecule has 0 saturated carbocycles. The number of nitrogens with zero attached hydrogens (tertiary/aromatic N) is 2. The molecule has 1 aliphatic heterocycles. The summed E-state index contributed by atoms with van der Waals surface area (Å²) in [6.45, 7) is 18.2. The molecule has 0 unspecified atom stereocenters. The molecule has 2 heteroatoms. The van der Waals surface area contributed by atoms with Crippen LogP contribution >= 0.6 is 0 Å². The lowest BCUT2D eigenvalue weighted by Gasteiger charge is -2.46. The zero-order valence-electron chi connectivity index (χ0n) is 14.2. The molecule has 0 radical (unpaired) electrons. The topological polar surface area (TPSA) is 6.48 Å². The maximum absolute atomic E-state index is 2.39. The van der Waals surface area contributed by atoms with Crippen LogP contribution in [0.3, 0.4) is 0 Å². The zero-order valence-corrected chi connectivity index (χ0v) is 14.2. The fourth-order valence-electron chi connectivity index (χ4n) is 1.91. The van der Waals surface area contributed by atoms with Crippen LogP contribution in [-0.2, 0) is 0 Å². The molecular formula is C15H38N2. The van der Waals surface area contributed by atoms with E-state index in [9.17, 15) is 0 Å². The SMILES string of the molecule is CC.CC.CC.CN(C)CCC1(C)CN(C)C1. The van der Waals surface area contributed by atoms with Crippen LogP contribution in [0.4, 0.5) is 0 Å². The van der Waals surface area contributed by atoms with Gasteiger partial charge in [-0.2, -0.15) is 0 Å². The minimum Gasteiger partial charge on any atom is -0.309 e. The first-order valence-electron chi connectivity index (χ1n) is 7.35.